The maximum Gasteiger partial charge on any atom is 0.262 e. The summed E-state index contributed by atoms with van der Waals surface area (Å²) < 4.78 is 11.8. The van der Waals surface area contributed by atoms with Gasteiger partial charge in [-0.2, -0.15) is 0 Å². The molecule has 1 heterocycles. The molecule has 0 radical (unpaired) electrons. The minimum atomic E-state index is -0.301. The van der Waals surface area contributed by atoms with Gasteiger partial charge in [0.2, 0.25) is 0 Å². The third-order valence-corrected chi connectivity index (χ3v) is 4.43. The average Bonchev–Trinajstić information content (AvgIpc) is 2.61. The van der Waals surface area contributed by atoms with Crippen molar-refractivity contribution < 1.29 is 19.1 Å². The van der Waals surface area contributed by atoms with Crippen LogP contribution in [0.4, 0.5) is 5.69 Å². The third kappa shape index (κ3) is 5.06. The summed E-state index contributed by atoms with van der Waals surface area (Å²) in [7, 11) is 0. The number of halogens is 1. The van der Waals surface area contributed by atoms with Crippen molar-refractivity contribution in [1.82, 2.24) is 5.32 Å². The molecule has 1 unspecified atom stereocenters. The van der Waals surface area contributed by atoms with E-state index in [1.807, 2.05) is 12.1 Å². The van der Waals surface area contributed by atoms with Crippen LogP contribution in [0.1, 0.15) is 16.8 Å². The fourth-order valence-corrected chi connectivity index (χ4v) is 2.67. The van der Waals surface area contributed by atoms with Crippen LogP contribution in [0.3, 0.4) is 0 Å². The van der Waals surface area contributed by atoms with Gasteiger partial charge >= 0.3 is 0 Å². The molecule has 1 aliphatic rings. The van der Waals surface area contributed by atoms with Crippen LogP contribution in [0.5, 0.6) is 5.75 Å². The highest BCUT2D eigenvalue weighted by molar-refractivity contribution is 9.10. The van der Waals surface area contributed by atoms with Gasteiger partial charge in [0.15, 0.2) is 6.61 Å². The molecule has 1 fully saturated rings. The van der Waals surface area contributed by atoms with Crippen molar-refractivity contribution >= 4 is 33.4 Å². The minimum Gasteiger partial charge on any atom is -0.483 e. The Balaban J connectivity index is 1.54. The van der Waals surface area contributed by atoms with Crippen molar-refractivity contribution in [1.29, 1.82) is 0 Å². The van der Waals surface area contributed by atoms with Crippen LogP contribution >= 0.6 is 15.9 Å². The number of anilines is 1. The van der Waals surface area contributed by atoms with Crippen molar-refractivity contribution in [3.05, 3.63) is 58.6 Å². The number of carbonyl (C=O) groups excluding carboxylic acids is 2. The summed E-state index contributed by atoms with van der Waals surface area (Å²) in [5.74, 6) is -0.180. The molecule has 26 heavy (non-hydrogen) atoms. The molecule has 2 aromatic carbocycles. The van der Waals surface area contributed by atoms with Gasteiger partial charge < -0.3 is 20.1 Å². The van der Waals surface area contributed by atoms with Crippen LogP contribution in [0.2, 0.25) is 0 Å². The molecular formula is C19H19BrN2O4. The van der Waals surface area contributed by atoms with Gasteiger partial charge in [-0.3, -0.25) is 9.59 Å². The van der Waals surface area contributed by atoms with Crippen LogP contribution in [0, 0.1) is 0 Å². The summed E-state index contributed by atoms with van der Waals surface area (Å²) in [5.41, 5.74) is 1.07. The topological polar surface area (TPSA) is 76.7 Å². The summed E-state index contributed by atoms with van der Waals surface area (Å²) in [4.78, 5) is 24.4. The first-order chi connectivity index (χ1) is 12.6. The van der Waals surface area contributed by atoms with Crippen LogP contribution in [0.25, 0.3) is 0 Å². The molecule has 136 valence electrons. The molecule has 2 aromatic rings. The second-order valence-electron chi connectivity index (χ2n) is 5.83. The van der Waals surface area contributed by atoms with Crippen molar-refractivity contribution in [2.75, 3.05) is 25.1 Å². The lowest BCUT2D eigenvalue weighted by Crippen LogP contribution is -2.39. The number of nitrogens with one attached hydrogen (secondary N) is 2. The van der Waals surface area contributed by atoms with Crippen molar-refractivity contribution in [2.24, 2.45) is 0 Å². The molecule has 7 heteroatoms. The molecule has 2 amide bonds. The lowest BCUT2D eigenvalue weighted by Gasteiger charge is -2.26. The molecule has 0 aliphatic carbocycles. The Morgan fingerprint density at radius 2 is 1.88 bits per heavy atom. The second-order valence-corrected chi connectivity index (χ2v) is 6.75. The smallest absolute Gasteiger partial charge is 0.262 e. The molecule has 1 aliphatic heterocycles. The van der Waals surface area contributed by atoms with E-state index in [9.17, 15) is 9.59 Å². The minimum absolute atomic E-state index is 0.0868. The van der Waals surface area contributed by atoms with E-state index in [1.165, 1.54) is 0 Å². The zero-order chi connectivity index (χ0) is 18.4. The average molecular weight is 419 g/mol. The third-order valence-electron chi connectivity index (χ3n) is 3.90. The summed E-state index contributed by atoms with van der Waals surface area (Å²) in [6.45, 7) is 1.02. The Labute approximate surface area is 160 Å². The Kier molecular flexibility index (Phi) is 6.25. The largest absolute Gasteiger partial charge is 0.483 e. The summed E-state index contributed by atoms with van der Waals surface area (Å²) >= 11 is 3.34. The number of rotatable bonds is 7. The normalized spacial score (nSPS) is 15.7. The lowest BCUT2D eigenvalue weighted by atomic mass is 10.1. The van der Waals surface area contributed by atoms with Gasteiger partial charge in [-0.1, -0.05) is 28.1 Å². The zero-order valence-corrected chi connectivity index (χ0v) is 15.6. The SMILES string of the molecule is O=C(COc1ccccc1C(=O)NCC1CCO1)Nc1ccc(Br)cc1. The highest BCUT2D eigenvalue weighted by Crippen LogP contribution is 2.19. The van der Waals surface area contributed by atoms with E-state index in [2.05, 4.69) is 26.6 Å². The highest BCUT2D eigenvalue weighted by Gasteiger charge is 2.20. The first kappa shape index (κ1) is 18.4. The Morgan fingerprint density at radius 1 is 1.15 bits per heavy atom. The molecule has 1 atom stereocenters. The quantitative estimate of drug-likeness (QED) is 0.724. The van der Waals surface area contributed by atoms with Gasteiger partial charge in [0.05, 0.1) is 11.7 Å². The van der Waals surface area contributed by atoms with E-state index in [-0.39, 0.29) is 24.5 Å². The maximum absolute atomic E-state index is 12.3. The fourth-order valence-electron chi connectivity index (χ4n) is 2.40. The molecule has 0 bridgehead atoms. The first-order valence-corrected chi connectivity index (χ1v) is 9.08. The Morgan fingerprint density at radius 3 is 2.58 bits per heavy atom. The zero-order valence-electron chi connectivity index (χ0n) is 14.0. The number of benzene rings is 2. The Bertz CT molecular complexity index is 775. The van der Waals surface area contributed by atoms with E-state index in [0.29, 0.717) is 23.5 Å². The number of hydrogen-bond donors (Lipinski definition) is 2. The van der Waals surface area contributed by atoms with E-state index in [1.54, 1.807) is 36.4 Å². The second kappa shape index (κ2) is 8.82. The van der Waals surface area contributed by atoms with E-state index >= 15 is 0 Å². The summed E-state index contributed by atoms with van der Waals surface area (Å²) in [5, 5.41) is 5.57. The van der Waals surface area contributed by atoms with E-state index < -0.39 is 0 Å². The predicted molar refractivity (Wildman–Crippen MR) is 101 cm³/mol. The molecule has 0 spiro atoms. The van der Waals surface area contributed by atoms with Crippen LogP contribution in [0.15, 0.2) is 53.0 Å². The molecule has 0 saturated carbocycles. The van der Waals surface area contributed by atoms with Crippen LogP contribution in [-0.4, -0.2) is 37.7 Å². The number of para-hydroxylation sites is 1. The molecule has 0 aromatic heterocycles. The molecule has 1 saturated heterocycles. The number of amides is 2. The van der Waals surface area contributed by atoms with Crippen LogP contribution < -0.4 is 15.4 Å². The lowest BCUT2D eigenvalue weighted by molar-refractivity contribution is -0.118. The highest BCUT2D eigenvalue weighted by atomic mass is 79.9. The van der Waals surface area contributed by atoms with Crippen molar-refractivity contribution in [2.45, 2.75) is 12.5 Å². The van der Waals surface area contributed by atoms with Crippen molar-refractivity contribution in [3.63, 3.8) is 0 Å². The van der Waals surface area contributed by atoms with Gasteiger partial charge in [0, 0.05) is 23.3 Å². The summed E-state index contributed by atoms with van der Waals surface area (Å²) in [6.07, 6.45) is 1.04. The van der Waals surface area contributed by atoms with E-state index in [0.717, 1.165) is 17.5 Å². The number of ether oxygens (including phenoxy) is 2. The fraction of sp³-hybridized carbons (Fsp3) is 0.263. The monoisotopic (exact) mass is 418 g/mol. The van der Waals surface area contributed by atoms with Crippen molar-refractivity contribution in [3.8, 4) is 5.75 Å². The standard InChI is InChI=1S/C19H19BrN2O4/c20-13-5-7-14(8-6-13)22-18(23)12-26-17-4-2-1-3-16(17)19(24)21-11-15-9-10-25-15/h1-8,15H,9-12H2,(H,21,24)(H,22,23). The first-order valence-electron chi connectivity index (χ1n) is 8.29. The number of hydrogen-bond acceptors (Lipinski definition) is 4. The van der Waals surface area contributed by atoms with Crippen LogP contribution in [-0.2, 0) is 9.53 Å². The molecule has 6 nitrogen and oxygen atoms in total. The molecule has 2 N–H and O–H groups in total. The Hall–Kier alpha value is -2.38. The van der Waals surface area contributed by atoms with Gasteiger partial charge in [-0.05, 0) is 42.8 Å². The van der Waals surface area contributed by atoms with Gasteiger partial charge in [0.1, 0.15) is 5.75 Å². The van der Waals surface area contributed by atoms with Gasteiger partial charge in [-0.15, -0.1) is 0 Å². The predicted octanol–water partition coefficient (Wildman–Crippen LogP) is 2.99. The summed E-state index contributed by atoms with van der Waals surface area (Å²) in [6, 6.07) is 14.1. The van der Waals surface area contributed by atoms with Gasteiger partial charge in [0.25, 0.3) is 11.8 Å². The van der Waals surface area contributed by atoms with Gasteiger partial charge in [-0.25, -0.2) is 0 Å². The maximum atomic E-state index is 12.3. The molecule has 3 rings (SSSR count). The van der Waals surface area contributed by atoms with E-state index in [4.69, 9.17) is 9.47 Å². The molecular weight excluding hydrogens is 400 g/mol. The number of carbonyl (C=O) groups is 2.